The minimum absolute atomic E-state index is 0.000816. The molecule has 2 rings (SSSR count). The van der Waals surface area contributed by atoms with Crippen molar-refractivity contribution in [3.05, 3.63) is 22.7 Å². The summed E-state index contributed by atoms with van der Waals surface area (Å²) in [6, 6.07) is 4.90. The topological polar surface area (TPSA) is 72.2 Å². The van der Waals surface area contributed by atoms with E-state index in [1.54, 1.807) is 18.2 Å². The highest BCUT2D eigenvalue weighted by Crippen LogP contribution is 2.27. The number of benzene rings is 1. The van der Waals surface area contributed by atoms with Crippen LogP contribution >= 0.6 is 15.9 Å². The lowest BCUT2D eigenvalue weighted by Crippen LogP contribution is -2.39. The van der Waals surface area contributed by atoms with Crippen LogP contribution in [0.5, 0.6) is 0 Å². The number of nitrogen functional groups attached to an aromatic ring is 1. The molecule has 6 heteroatoms. The van der Waals surface area contributed by atoms with E-state index in [1.165, 1.54) is 12.8 Å². The highest BCUT2D eigenvalue weighted by Gasteiger charge is 2.27. The fourth-order valence-electron chi connectivity index (χ4n) is 2.67. The van der Waals surface area contributed by atoms with Gasteiger partial charge in [-0.1, -0.05) is 42.1 Å². The highest BCUT2D eigenvalue weighted by atomic mass is 79.9. The average molecular weight is 361 g/mol. The number of sulfonamides is 1. The van der Waals surface area contributed by atoms with E-state index in [9.17, 15) is 8.42 Å². The first-order chi connectivity index (χ1) is 9.40. The Balaban J connectivity index is 2.24. The van der Waals surface area contributed by atoms with Gasteiger partial charge < -0.3 is 5.73 Å². The Labute approximate surface area is 129 Å². The minimum Gasteiger partial charge on any atom is -0.398 e. The number of nitrogens with one attached hydrogen (secondary N) is 1. The molecule has 1 aliphatic carbocycles. The predicted octanol–water partition coefficient (Wildman–Crippen LogP) is 3.28. The summed E-state index contributed by atoms with van der Waals surface area (Å²) in [6.07, 6.45) is 5.40. The monoisotopic (exact) mass is 360 g/mol. The molecule has 0 heterocycles. The second kappa shape index (κ2) is 6.45. The first kappa shape index (κ1) is 15.8. The molecule has 0 aliphatic heterocycles. The van der Waals surface area contributed by atoms with Gasteiger partial charge in [-0.15, -0.1) is 0 Å². The fraction of sp³-hybridized carbons (Fsp3) is 0.571. The third-order valence-corrected chi connectivity index (χ3v) is 5.97. The lowest BCUT2D eigenvalue weighted by atomic mass is 9.98. The molecule has 1 aromatic rings. The maximum absolute atomic E-state index is 12.5. The van der Waals surface area contributed by atoms with Crippen LogP contribution in [0.3, 0.4) is 0 Å². The third-order valence-electron chi connectivity index (χ3n) is 3.93. The van der Waals surface area contributed by atoms with Gasteiger partial charge >= 0.3 is 0 Å². The third kappa shape index (κ3) is 3.74. The van der Waals surface area contributed by atoms with Crippen molar-refractivity contribution >= 4 is 31.6 Å². The molecular formula is C14H21BrN2O2S. The first-order valence-electron chi connectivity index (χ1n) is 6.97. The number of halogens is 1. The number of hydrogen-bond donors (Lipinski definition) is 2. The zero-order valence-corrected chi connectivity index (χ0v) is 14.0. The van der Waals surface area contributed by atoms with Crippen molar-refractivity contribution in [3.63, 3.8) is 0 Å². The van der Waals surface area contributed by atoms with Gasteiger partial charge in [-0.3, -0.25) is 0 Å². The van der Waals surface area contributed by atoms with Crippen molar-refractivity contribution in [1.82, 2.24) is 4.72 Å². The second-order valence-corrected chi connectivity index (χ2v) is 8.12. The summed E-state index contributed by atoms with van der Waals surface area (Å²) < 4.78 is 28.6. The van der Waals surface area contributed by atoms with Crippen LogP contribution in [0.25, 0.3) is 0 Å². The zero-order chi connectivity index (χ0) is 14.8. The minimum atomic E-state index is -3.57. The number of nitrogens with two attached hydrogens (primary N) is 1. The van der Waals surface area contributed by atoms with Crippen LogP contribution in [0.15, 0.2) is 27.6 Å². The highest BCUT2D eigenvalue weighted by molar-refractivity contribution is 9.10. The van der Waals surface area contributed by atoms with E-state index in [4.69, 9.17) is 5.73 Å². The van der Waals surface area contributed by atoms with Crippen LogP contribution in [0.4, 0.5) is 5.69 Å². The standard InChI is InChI=1S/C14H21BrN2O2S/c1-10-5-3-2-4-6-13(10)17-20(18,19)14-9-11(15)7-8-12(14)16/h7-10,13,17H,2-6,16H2,1H3. The van der Waals surface area contributed by atoms with Crippen molar-refractivity contribution in [1.29, 1.82) is 0 Å². The van der Waals surface area contributed by atoms with Gasteiger partial charge in [-0.2, -0.15) is 0 Å². The van der Waals surface area contributed by atoms with E-state index in [0.717, 1.165) is 19.3 Å². The average Bonchev–Trinajstić information content (AvgIpc) is 2.57. The van der Waals surface area contributed by atoms with Crippen LogP contribution in [-0.2, 0) is 10.0 Å². The summed E-state index contributed by atoms with van der Waals surface area (Å²) >= 11 is 3.29. The maximum Gasteiger partial charge on any atom is 0.242 e. The molecule has 2 unspecified atom stereocenters. The summed E-state index contributed by atoms with van der Waals surface area (Å²) in [5.74, 6) is 0.362. The Hall–Kier alpha value is -0.590. The van der Waals surface area contributed by atoms with Gasteiger partial charge in [0.1, 0.15) is 4.90 Å². The molecule has 0 saturated heterocycles. The first-order valence-corrected chi connectivity index (χ1v) is 9.25. The molecule has 1 aromatic carbocycles. The predicted molar refractivity (Wildman–Crippen MR) is 84.9 cm³/mol. The fourth-order valence-corrected chi connectivity index (χ4v) is 4.72. The summed E-state index contributed by atoms with van der Waals surface area (Å²) in [5.41, 5.74) is 6.09. The van der Waals surface area contributed by atoms with E-state index < -0.39 is 10.0 Å². The largest absolute Gasteiger partial charge is 0.398 e. The second-order valence-electron chi connectivity index (χ2n) is 5.53. The van der Waals surface area contributed by atoms with Crippen LogP contribution in [-0.4, -0.2) is 14.5 Å². The maximum atomic E-state index is 12.5. The Bertz CT molecular complexity index is 575. The molecule has 0 aromatic heterocycles. The molecular weight excluding hydrogens is 340 g/mol. The van der Waals surface area contributed by atoms with Gasteiger partial charge in [0.25, 0.3) is 0 Å². The van der Waals surface area contributed by atoms with Gasteiger partial charge in [-0.05, 0) is 37.0 Å². The molecule has 1 aliphatic rings. The normalized spacial score (nSPS) is 24.3. The van der Waals surface area contributed by atoms with Gasteiger partial charge in [0.05, 0.1) is 5.69 Å². The lowest BCUT2D eigenvalue weighted by Gasteiger charge is -2.23. The molecule has 3 N–H and O–H groups in total. The number of anilines is 1. The summed E-state index contributed by atoms with van der Waals surface area (Å²) in [4.78, 5) is 0.156. The van der Waals surface area contributed by atoms with Gasteiger partial charge in [0.2, 0.25) is 10.0 Å². The quantitative estimate of drug-likeness (QED) is 0.641. The molecule has 1 saturated carbocycles. The van der Waals surface area contributed by atoms with E-state index in [0.29, 0.717) is 10.4 Å². The van der Waals surface area contributed by atoms with Gasteiger partial charge in [-0.25, -0.2) is 13.1 Å². The van der Waals surface area contributed by atoms with E-state index in [2.05, 4.69) is 27.6 Å². The summed E-state index contributed by atoms with van der Waals surface area (Å²) in [5, 5.41) is 0. The molecule has 20 heavy (non-hydrogen) atoms. The smallest absolute Gasteiger partial charge is 0.242 e. The lowest BCUT2D eigenvalue weighted by molar-refractivity contribution is 0.399. The van der Waals surface area contributed by atoms with Gasteiger partial charge in [0.15, 0.2) is 0 Å². The van der Waals surface area contributed by atoms with Crippen molar-refractivity contribution in [3.8, 4) is 0 Å². The molecule has 0 amide bonds. The molecule has 0 spiro atoms. The molecule has 1 fully saturated rings. The molecule has 0 bridgehead atoms. The van der Waals surface area contributed by atoms with Crippen molar-refractivity contribution in [2.75, 3.05) is 5.73 Å². The Morgan fingerprint density at radius 3 is 2.70 bits per heavy atom. The van der Waals surface area contributed by atoms with Crippen LogP contribution in [0.2, 0.25) is 0 Å². The molecule has 0 radical (unpaired) electrons. The van der Waals surface area contributed by atoms with Crippen molar-refractivity contribution in [2.24, 2.45) is 5.92 Å². The Morgan fingerprint density at radius 1 is 1.25 bits per heavy atom. The van der Waals surface area contributed by atoms with Crippen molar-refractivity contribution in [2.45, 2.75) is 50.0 Å². The van der Waals surface area contributed by atoms with Crippen LogP contribution < -0.4 is 10.5 Å². The molecule has 4 nitrogen and oxygen atoms in total. The zero-order valence-electron chi connectivity index (χ0n) is 11.6. The molecule has 112 valence electrons. The van der Waals surface area contributed by atoms with E-state index in [1.807, 2.05) is 0 Å². The van der Waals surface area contributed by atoms with Gasteiger partial charge in [0, 0.05) is 10.5 Å². The number of rotatable bonds is 3. The van der Waals surface area contributed by atoms with E-state index in [-0.39, 0.29) is 16.6 Å². The van der Waals surface area contributed by atoms with Crippen LogP contribution in [0, 0.1) is 5.92 Å². The van der Waals surface area contributed by atoms with E-state index >= 15 is 0 Å². The molecule has 2 atom stereocenters. The summed E-state index contributed by atoms with van der Waals surface area (Å²) in [7, 11) is -3.57. The SMILES string of the molecule is CC1CCCCCC1NS(=O)(=O)c1cc(Br)ccc1N. The van der Waals surface area contributed by atoms with Crippen molar-refractivity contribution < 1.29 is 8.42 Å². The van der Waals surface area contributed by atoms with Crippen LogP contribution in [0.1, 0.15) is 39.0 Å². The Morgan fingerprint density at radius 2 is 1.95 bits per heavy atom. The Kier molecular flexibility index (Phi) is 5.09. The summed E-state index contributed by atoms with van der Waals surface area (Å²) in [6.45, 7) is 2.11. The number of hydrogen-bond acceptors (Lipinski definition) is 3.